The van der Waals surface area contributed by atoms with Gasteiger partial charge in [-0.3, -0.25) is 4.79 Å². The lowest BCUT2D eigenvalue weighted by Gasteiger charge is -2.18. The maximum Gasteiger partial charge on any atom is 0.320 e. The molecule has 1 aromatic carbocycles. The predicted molar refractivity (Wildman–Crippen MR) is 81.7 cm³/mol. The molecule has 1 aliphatic rings. The number of nitrogens with one attached hydrogen (secondary N) is 1. The monoisotopic (exact) mass is 289 g/mol. The molecule has 1 N–H and O–H groups in total. The molecule has 0 radical (unpaired) electrons. The van der Waals surface area contributed by atoms with E-state index >= 15 is 0 Å². The standard InChI is InChI=1S/C16H23N3O2/c1-13(2)10-17-15(20)12-19-9-8-18(16(19)21)11-14-6-4-3-5-7-14/h3-7,13H,8-12H2,1-2H3,(H,17,20). The van der Waals surface area contributed by atoms with E-state index in [2.05, 4.69) is 5.32 Å². The number of carbonyl (C=O) groups excluding carboxylic acids is 2. The van der Waals surface area contributed by atoms with Crippen molar-refractivity contribution in [2.24, 2.45) is 5.92 Å². The summed E-state index contributed by atoms with van der Waals surface area (Å²) in [5, 5.41) is 2.84. The van der Waals surface area contributed by atoms with Crippen LogP contribution in [0.4, 0.5) is 4.79 Å². The molecule has 0 aromatic heterocycles. The molecular formula is C16H23N3O2. The van der Waals surface area contributed by atoms with Crippen molar-refractivity contribution >= 4 is 11.9 Å². The van der Waals surface area contributed by atoms with Gasteiger partial charge >= 0.3 is 6.03 Å². The summed E-state index contributed by atoms with van der Waals surface area (Å²) in [5.74, 6) is 0.330. The summed E-state index contributed by atoms with van der Waals surface area (Å²) in [7, 11) is 0. The molecule has 0 unspecified atom stereocenters. The van der Waals surface area contributed by atoms with E-state index in [1.165, 1.54) is 0 Å². The van der Waals surface area contributed by atoms with Crippen molar-refractivity contribution in [2.45, 2.75) is 20.4 Å². The molecule has 0 spiro atoms. The van der Waals surface area contributed by atoms with Gasteiger partial charge in [0, 0.05) is 26.2 Å². The van der Waals surface area contributed by atoms with E-state index in [1.54, 1.807) is 9.80 Å². The van der Waals surface area contributed by atoms with Crippen LogP contribution >= 0.6 is 0 Å². The fourth-order valence-electron chi connectivity index (χ4n) is 2.28. The maximum atomic E-state index is 12.3. The van der Waals surface area contributed by atoms with Crippen molar-refractivity contribution in [2.75, 3.05) is 26.2 Å². The quantitative estimate of drug-likeness (QED) is 0.866. The summed E-state index contributed by atoms with van der Waals surface area (Å²) in [5.41, 5.74) is 1.11. The van der Waals surface area contributed by atoms with E-state index in [-0.39, 0.29) is 18.5 Å². The van der Waals surface area contributed by atoms with Gasteiger partial charge in [0.1, 0.15) is 6.54 Å². The first kappa shape index (κ1) is 15.4. The largest absolute Gasteiger partial charge is 0.354 e. The molecule has 1 aliphatic heterocycles. The Kier molecular flexibility index (Phi) is 5.20. The zero-order chi connectivity index (χ0) is 15.2. The van der Waals surface area contributed by atoms with Crippen molar-refractivity contribution in [3.63, 3.8) is 0 Å². The van der Waals surface area contributed by atoms with Crippen LogP contribution in [0.1, 0.15) is 19.4 Å². The Morgan fingerprint density at radius 1 is 1.19 bits per heavy atom. The summed E-state index contributed by atoms with van der Waals surface area (Å²) in [6.07, 6.45) is 0. The zero-order valence-electron chi connectivity index (χ0n) is 12.7. The van der Waals surface area contributed by atoms with Crippen molar-refractivity contribution in [3.05, 3.63) is 35.9 Å². The second-order valence-electron chi connectivity index (χ2n) is 5.81. The van der Waals surface area contributed by atoms with Crippen LogP contribution in [0.15, 0.2) is 30.3 Å². The molecule has 114 valence electrons. The van der Waals surface area contributed by atoms with E-state index in [0.717, 1.165) is 5.56 Å². The lowest BCUT2D eigenvalue weighted by Crippen LogP contribution is -2.40. The SMILES string of the molecule is CC(C)CNC(=O)CN1CCN(Cc2ccccc2)C1=O. The summed E-state index contributed by atoms with van der Waals surface area (Å²) < 4.78 is 0. The van der Waals surface area contributed by atoms with E-state index in [1.807, 2.05) is 44.2 Å². The van der Waals surface area contributed by atoms with E-state index in [0.29, 0.717) is 32.1 Å². The Morgan fingerprint density at radius 2 is 1.86 bits per heavy atom. The first-order valence-electron chi connectivity index (χ1n) is 7.40. The number of amides is 3. The highest BCUT2D eigenvalue weighted by Crippen LogP contribution is 2.12. The van der Waals surface area contributed by atoms with E-state index in [4.69, 9.17) is 0 Å². The molecule has 1 saturated heterocycles. The van der Waals surface area contributed by atoms with Crippen LogP contribution in [0.3, 0.4) is 0 Å². The van der Waals surface area contributed by atoms with Crippen LogP contribution in [0.25, 0.3) is 0 Å². The Bertz CT molecular complexity index is 488. The van der Waals surface area contributed by atoms with Crippen molar-refractivity contribution < 1.29 is 9.59 Å². The average molecular weight is 289 g/mol. The van der Waals surface area contributed by atoms with Crippen LogP contribution in [0.5, 0.6) is 0 Å². The normalized spacial score (nSPS) is 14.9. The zero-order valence-corrected chi connectivity index (χ0v) is 12.7. The number of hydrogen-bond acceptors (Lipinski definition) is 2. The summed E-state index contributed by atoms with van der Waals surface area (Å²) in [6, 6.07) is 9.84. The third-order valence-electron chi connectivity index (χ3n) is 3.44. The molecule has 0 saturated carbocycles. The van der Waals surface area contributed by atoms with Gasteiger partial charge in [-0.2, -0.15) is 0 Å². The van der Waals surface area contributed by atoms with Gasteiger partial charge in [-0.05, 0) is 11.5 Å². The highest BCUT2D eigenvalue weighted by molar-refractivity contribution is 5.85. The van der Waals surface area contributed by atoms with Gasteiger partial charge < -0.3 is 15.1 Å². The van der Waals surface area contributed by atoms with Crippen LogP contribution in [0.2, 0.25) is 0 Å². The molecule has 5 heteroatoms. The van der Waals surface area contributed by atoms with Gasteiger partial charge in [-0.1, -0.05) is 44.2 Å². The molecule has 21 heavy (non-hydrogen) atoms. The van der Waals surface area contributed by atoms with Crippen molar-refractivity contribution in [1.82, 2.24) is 15.1 Å². The number of urea groups is 1. The highest BCUT2D eigenvalue weighted by atomic mass is 16.2. The summed E-state index contributed by atoms with van der Waals surface area (Å²) >= 11 is 0. The van der Waals surface area contributed by atoms with Gasteiger partial charge in [-0.15, -0.1) is 0 Å². The Morgan fingerprint density at radius 3 is 2.52 bits per heavy atom. The lowest BCUT2D eigenvalue weighted by molar-refractivity contribution is -0.121. The first-order chi connectivity index (χ1) is 10.1. The maximum absolute atomic E-state index is 12.3. The number of nitrogens with zero attached hydrogens (tertiary/aromatic N) is 2. The lowest BCUT2D eigenvalue weighted by atomic mass is 10.2. The van der Waals surface area contributed by atoms with Crippen molar-refractivity contribution in [3.8, 4) is 0 Å². The van der Waals surface area contributed by atoms with Crippen LogP contribution in [-0.4, -0.2) is 47.9 Å². The number of hydrogen-bond donors (Lipinski definition) is 1. The number of carbonyl (C=O) groups is 2. The summed E-state index contributed by atoms with van der Waals surface area (Å²) in [6.45, 7) is 6.77. The fourth-order valence-corrected chi connectivity index (χ4v) is 2.28. The minimum Gasteiger partial charge on any atom is -0.354 e. The Hall–Kier alpha value is -2.04. The van der Waals surface area contributed by atoms with Gasteiger partial charge in [0.2, 0.25) is 5.91 Å². The van der Waals surface area contributed by atoms with E-state index < -0.39 is 0 Å². The summed E-state index contributed by atoms with van der Waals surface area (Å²) in [4.78, 5) is 27.4. The molecule has 0 atom stereocenters. The second-order valence-corrected chi connectivity index (χ2v) is 5.81. The number of benzene rings is 1. The highest BCUT2D eigenvalue weighted by Gasteiger charge is 2.29. The molecule has 1 aromatic rings. The third-order valence-corrected chi connectivity index (χ3v) is 3.44. The average Bonchev–Trinajstić information content (AvgIpc) is 2.79. The van der Waals surface area contributed by atoms with Gasteiger partial charge in [0.25, 0.3) is 0 Å². The minimum absolute atomic E-state index is 0.0569. The second kappa shape index (κ2) is 7.11. The van der Waals surface area contributed by atoms with Gasteiger partial charge in [0.05, 0.1) is 0 Å². The molecule has 1 heterocycles. The topological polar surface area (TPSA) is 52.7 Å². The van der Waals surface area contributed by atoms with Crippen molar-refractivity contribution in [1.29, 1.82) is 0 Å². The van der Waals surface area contributed by atoms with Crippen LogP contribution in [0, 0.1) is 5.92 Å². The third kappa shape index (κ3) is 4.48. The van der Waals surface area contributed by atoms with Gasteiger partial charge in [-0.25, -0.2) is 4.79 Å². The van der Waals surface area contributed by atoms with Crippen LogP contribution < -0.4 is 5.32 Å². The molecule has 1 fully saturated rings. The Labute approximate surface area is 125 Å². The predicted octanol–water partition coefficient (Wildman–Crippen LogP) is 1.70. The Balaban J connectivity index is 1.82. The molecular weight excluding hydrogens is 266 g/mol. The van der Waals surface area contributed by atoms with Gasteiger partial charge in [0.15, 0.2) is 0 Å². The smallest absolute Gasteiger partial charge is 0.320 e. The first-order valence-corrected chi connectivity index (χ1v) is 7.40. The number of rotatable bonds is 6. The molecule has 2 rings (SSSR count). The molecule has 0 bridgehead atoms. The van der Waals surface area contributed by atoms with E-state index in [9.17, 15) is 9.59 Å². The molecule has 5 nitrogen and oxygen atoms in total. The fraction of sp³-hybridized carbons (Fsp3) is 0.500. The molecule has 3 amide bonds. The van der Waals surface area contributed by atoms with Crippen LogP contribution in [-0.2, 0) is 11.3 Å². The molecule has 0 aliphatic carbocycles. The minimum atomic E-state index is -0.0846.